The molecule has 0 spiro atoms. The molecule has 2 aromatic carbocycles. The molecule has 1 amide bonds. The maximum atomic E-state index is 12.5. The highest BCUT2D eigenvalue weighted by molar-refractivity contribution is 6.03. The lowest BCUT2D eigenvalue weighted by molar-refractivity contribution is 0.101. The summed E-state index contributed by atoms with van der Waals surface area (Å²) in [7, 11) is 0. The van der Waals surface area contributed by atoms with E-state index in [0.717, 1.165) is 5.69 Å². The molecule has 0 aliphatic heterocycles. The fourth-order valence-corrected chi connectivity index (χ4v) is 2.73. The van der Waals surface area contributed by atoms with Gasteiger partial charge in [-0.25, -0.2) is 9.97 Å². The van der Waals surface area contributed by atoms with Crippen LogP contribution in [0.3, 0.4) is 0 Å². The monoisotopic (exact) mass is 388 g/mol. The van der Waals surface area contributed by atoms with Gasteiger partial charge in [-0.15, -0.1) is 0 Å². The number of Topliss-reactive ketones (excluding diaryl/α,β-unsaturated/α-hetero) is 1. The van der Waals surface area contributed by atoms with Gasteiger partial charge in [0.15, 0.2) is 5.78 Å². The summed E-state index contributed by atoms with van der Waals surface area (Å²) >= 11 is 0. The minimum atomic E-state index is -0.353. The topological polar surface area (TPSA) is 84.0 Å². The summed E-state index contributed by atoms with van der Waals surface area (Å²) in [6.45, 7) is 7.99. The second-order valence-corrected chi connectivity index (χ2v) is 7.83. The van der Waals surface area contributed by atoms with Gasteiger partial charge in [0.25, 0.3) is 5.91 Å². The largest absolute Gasteiger partial charge is 0.340 e. The summed E-state index contributed by atoms with van der Waals surface area (Å²) < 4.78 is 0. The van der Waals surface area contributed by atoms with Gasteiger partial charge in [-0.2, -0.15) is 0 Å². The van der Waals surface area contributed by atoms with E-state index in [1.54, 1.807) is 30.3 Å². The highest BCUT2D eigenvalue weighted by Crippen LogP contribution is 2.24. The molecule has 2 N–H and O–H groups in total. The zero-order valence-electron chi connectivity index (χ0n) is 17.0. The number of hydrogen-bond acceptors (Lipinski definition) is 5. The standard InChI is InChI=1S/C23H24N4O2/c1-15(28)16-5-9-19(10-6-16)27-22(29)20-13-21(25-14-24-20)26-18-11-7-17(8-12-18)23(2,3)4/h5-14H,1-4H3,(H,27,29)(H,24,25,26). The lowest BCUT2D eigenvalue weighted by Crippen LogP contribution is -2.14. The van der Waals surface area contributed by atoms with Crippen molar-refractivity contribution in [2.75, 3.05) is 10.6 Å². The minimum Gasteiger partial charge on any atom is -0.340 e. The van der Waals surface area contributed by atoms with Crippen LogP contribution in [-0.4, -0.2) is 21.7 Å². The van der Waals surface area contributed by atoms with Crippen LogP contribution in [0.4, 0.5) is 17.2 Å². The molecule has 1 aromatic heterocycles. The second kappa shape index (κ2) is 8.22. The number of hydrogen-bond donors (Lipinski definition) is 2. The van der Waals surface area contributed by atoms with Crippen LogP contribution in [-0.2, 0) is 5.41 Å². The van der Waals surface area contributed by atoms with Gasteiger partial charge in [-0.1, -0.05) is 32.9 Å². The van der Waals surface area contributed by atoms with Gasteiger partial charge in [-0.05, 0) is 54.3 Å². The van der Waals surface area contributed by atoms with Gasteiger partial charge in [0.2, 0.25) is 0 Å². The van der Waals surface area contributed by atoms with Crippen LogP contribution in [0.5, 0.6) is 0 Å². The average Bonchev–Trinajstić information content (AvgIpc) is 2.68. The molecular weight excluding hydrogens is 364 g/mol. The lowest BCUT2D eigenvalue weighted by Gasteiger charge is -2.19. The van der Waals surface area contributed by atoms with E-state index in [0.29, 0.717) is 17.1 Å². The summed E-state index contributed by atoms with van der Waals surface area (Å²) in [5, 5.41) is 5.96. The quantitative estimate of drug-likeness (QED) is 0.603. The molecular formula is C23H24N4O2. The molecule has 6 heteroatoms. The summed E-state index contributed by atoms with van der Waals surface area (Å²) in [6.07, 6.45) is 1.35. The SMILES string of the molecule is CC(=O)c1ccc(NC(=O)c2cc(Nc3ccc(C(C)(C)C)cc3)ncn2)cc1. The number of nitrogens with one attached hydrogen (secondary N) is 2. The van der Waals surface area contributed by atoms with Gasteiger partial charge in [0.05, 0.1) is 0 Å². The first-order valence-corrected chi connectivity index (χ1v) is 9.34. The maximum absolute atomic E-state index is 12.5. The summed E-state index contributed by atoms with van der Waals surface area (Å²) in [5.41, 5.74) is 3.62. The molecule has 3 aromatic rings. The van der Waals surface area contributed by atoms with E-state index in [4.69, 9.17) is 0 Å². The molecule has 0 saturated carbocycles. The first-order valence-electron chi connectivity index (χ1n) is 9.34. The molecule has 0 aliphatic carbocycles. The maximum Gasteiger partial charge on any atom is 0.274 e. The van der Waals surface area contributed by atoms with Gasteiger partial charge >= 0.3 is 0 Å². The molecule has 0 saturated heterocycles. The molecule has 0 radical (unpaired) electrons. The molecule has 6 nitrogen and oxygen atoms in total. The molecule has 29 heavy (non-hydrogen) atoms. The van der Waals surface area contributed by atoms with Gasteiger partial charge in [0.1, 0.15) is 17.8 Å². The Morgan fingerprint density at radius 2 is 1.48 bits per heavy atom. The van der Waals surface area contributed by atoms with E-state index in [-0.39, 0.29) is 22.8 Å². The van der Waals surface area contributed by atoms with Crippen LogP contribution >= 0.6 is 0 Å². The number of rotatable bonds is 5. The average molecular weight is 388 g/mol. The fourth-order valence-electron chi connectivity index (χ4n) is 2.73. The normalized spacial score (nSPS) is 11.0. The number of ketones is 1. The predicted molar refractivity (Wildman–Crippen MR) is 115 cm³/mol. The van der Waals surface area contributed by atoms with Crippen molar-refractivity contribution in [1.29, 1.82) is 0 Å². The summed E-state index contributed by atoms with van der Waals surface area (Å²) in [5.74, 6) is 0.152. The Balaban J connectivity index is 1.70. The van der Waals surface area contributed by atoms with Gasteiger partial charge in [0, 0.05) is 23.0 Å². The van der Waals surface area contributed by atoms with E-state index in [9.17, 15) is 9.59 Å². The Kier molecular flexibility index (Phi) is 5.73. The highest BCUT2D eigenvalue weighted by atomic mass is 16.2. The van der Waals surface area contributed by atoms with Crippen molar-refractivity contribution in [3.8, 4) is 0 Å². The van der Waals surface area contributed by atoms with Crippen LogP contribution in [0.15, 0.2) is 60.9 Å². The van der Waals surface area contributed by atoms with Crippen molar-refractivity contribution in [2.45, 2.75) is 33.1 Å². The first-order chi connectivity index (χ1) is 13.7. The lowest BCUT2D eigenvalue weighted by atomic mass is 9.87. The van der Waals surface area contributed by atoms with Crippen molar-refractivity contribution in [3.05, 3.63) is 77.7 Å². The molecule has 1 heterocycles. The zero-order chi connectivity index (χ0) is 21.0. The second-order valence-electron chi connectivity index (χ2n) is 7.83. The smallest absolute Gasteiger partial charge is 0.274 e. The van der Waals surface area contributed by atoms with E-state index < -0.39 is 0 Å². The molecule has 0 aliphatic rings. The van der Waals surface area contributed by atoms with Crippen LogP contribution < -0.4 is 10.6 Å². The third-order valence-electron chi connectivity index (χ3n) is 4.47. The van der Waals surface area contributed by atoms with Crippen molar-refractivity contribution in [1.82, 2.24) is 9.97 Å². The van der Waals surface area contributed by atoms with Crippen molar-refractivity contribution in [3.63, 3.8) is 0 Å². The Labute approximate surface area is 170 Å². The number of aromatic nitrogens is 2. The van der Waals surface area contributed by atoms with Crippen LogP contribution in [0.1, 0.15) is 54.1 Å². The molecule has 0 bridgehead atoms. The molecule has 0 atom stereocenters. The van der Waals surface area contributed by atoms with Crippen LogP contribution in [0.2, 0.25) is 0 Å². The van der Waals surface area contributed by atoms with Crippen molar-refractivity contribution in [2.24, 2.45) is 0 Å². The molecule has 3 rings (SSSR count). The summed E-state index contributed by atoms with van der Waals surface area (Å²) in [4.78, 5) is 32.1. The van der Waals surface area contributed by atoms with E-state index in [1.807, 2.05) is 12.1 Å². The van der Waals surface area contributed by atoms with E-state index >= 15 is 0 Å². The first kappa shape index (κ1) is 20.2. The fraction of sp³-hybridized carbons (Fsp3) is 0.217. The van der Waals surface area contributed by atoms with E-state index in [1.165, 1.54) is 18.8 Å². The van der Waals surface area contributed by atoms with Crippen molar-refractivity contribution < 1.29 is 9.59 Å². The number of carbonyl (C=O) groups is 2. The van der Waals surface area contributed by atoms with Crippen LogP contribution in [0, 0.1) is 0 Å². The minimum absolute atomic E-state index is 0.0232. The molecule has 0 unspecified atom stereocenters. The number of carbonyl (C=O) groups excluding carboxylic acids is 2. The third kappa shape index (κ3) is 5.25. The van der Waals surface area contributed by atoms with Crippen LogP contribution in [0.25, 0.3) is 0 Å². The van der Waals surface area contributed by atoms with Gasteiger partial charge < -0.3 is 10.6 Å². The Bertz CT molecular complexity index is 1020. The number of anilines is 3. The molecule has 0 fully saturated rings. The third-order valence-corrected chi connectivity index (χ3v) is 4.47. The Morgan fingerprint density at radius 1 is 0.862 bits per heavy atom. The highest BCUT2D eigenvalue weighted by Gasteiger charge is 2.13. The Morgan fingerprint density at radius 3 is 2.07 bits per heavy atom. The van der Waals surface area contributed by atoms with Crippen molar-refractivity contribution >= 4 is 28.9 Å². The zero-order valence-corrected chi connectivity index (χ0v) is 17.0. The number of amides is 1. The Hall–Kier alpha value is -3.54. The molecule has 148 valence electrons. The number of nitrogens with zero attached hydrogens (tertiary/aromatic N) is 2. The van der Waals surface area contributed by atoms with E-state index in [2.05, 4.69) is 53.5 Å². The van der Waals surface area contributed by atoms with Gasteiger partial charge in [-0.3, -0.25) is 9.59 Å². The number of benzene rings is 2. The predicted octanol–water partition coefficient (Wildman–Crippen LogP) is 4.97. The summed E-state index contributed by atoms with van der Waals surface area (Å²) in [6, 6.07) is 16.4.